The Morgan fingerprint density at radius 2 is 1.82 bits per heavy atom. The second-order valence-electron chi connectivity index (χ2n) is 7.93. The number of carboxylic acids is 1. The SMILES string of the molecule is O=C(O)c1cc(Br)cc([N+](=O)[O-])c1N[C@@H]1CCCC[C@@H]1NC(=O)c1cncc2ccccc12. The number of carboxylic acid groups (broad SMARTS) is 1. The van der Waals surface area contributed by atoms with Crippen LogP contribution >= 0.6 is 15.9 Å². The van der Waals surface area contributed by atoms with Crippen LogP contribution < -0.4 is 10.6 Å². The van der Waals surface area contributed by atoms with Gasteiger partial charge in [0.2, 0.25) is 0 Å². The van der Waals surface area contributed by atoms with Crippen LogP contribution in [0.1, 0.15) is 46.4 Å². The zero-order valence-corrected chi connectivity index (χ0v) is 19.0. The zero-order chi connectivity index (χ0) is 23.5. The lowest BCUT2D eigenvalue weighted by atomic mass is 9.89. The lowest BCUT2D eigenvalue weighted by Crippen LogP contribution is -2.48. The van der Waals surface area contributed by atoms with Crippen LogP contribution in [0, 0.1) is 10.1 Å². The molecule has 0 bridgehead atoms. The van der Waals surface area contributed by atoms with Gasteiger partial charge in [0.25, 0.3) is 11.6 Å². The van der Waals surface area contributed by atoms with Crippen molar-refractivity contribution < 1.29 is 19.6 Å². The molecular formula is C23H21BrN4O5. The van der Waals surface area contributed by atoms with Gasteiger partial charge >= 0.3 is 5.97 Å². The largest absolute Gasteiger partial charge is 0.478 e. The van der Waals surface area contributed by atoms with E-state index in [0.717, 1.165) is 23.6 Å². The van der Waals surface area contributed by atoms with Crippen molar-refractivity contribution in [1.82, 2.24) is 10.3 Å². The molecule has 9 nitrogen and oxygen atoms in total. The predicted octanol–water partition coefficient (Wildman–Crippen LogP) is 4.76. The summed E-state index contributed by atoms with van der Waals surface area (Å²) in [7, 11) is 0. The van der Waals surface area contributed by atoms with Crippen LogP contribution in [-0.4, -0.2) is 39.0 Å². The lowest BCUT2D eigenvalue weighted by Gasteiger charge is -2.33. The first-order chi connectivity index (χ1) is 15.8. The van der Waals surface area contributed by atoms with E-state index in [-0.39, 0.29) is 34.9 Å². The molecule has 10 heteroatoms. The molecule has 3 aromatic rings. The summed E-state index contributed by atoms with van der Waals surface area (Å²) in [5.41, 5.74) is -0.160. The van der Waals surface area contributed by atoms with Gasteiger partial charge in [0.15, 0.2) is 0 Å². The normalized spacial score (nSPS) is 18.0. The van der Waals surface area contributed by atoms with E-state index in [0.29, 0.717) is 22.9 Å². The van der Waals surface area contributed by atoms with Crippen molar-refractivity contribution in [3.05, 3.63) is 74.5 Å². The molecule has 1 heterocycles. The van der Waals surface area contributed by atoms with Gasteiger partial charge in [0.1, 0.15) is 5.69 Å². The molecule has 0 radical (unpaired) electrons. The number of hydrogen-bond donors (Lipinski definition) is 3. The van der Waals surface area contributed by atoms with E-state index in [2.05, 4.69) is 31.5 Å². The zero-order valence-electron chi connectivity index (χ0n) is 17.5. The van der Waals surface area contributed by atoms with E-state index in [9.17, 15) is 24.8 Å². The molecule has 0 spiro atoms. The van der Waals surface area contributed by atoms with Gasteiger partial charge in [-0.3, -0.25) is 19.9 Å². The lowest BCUT2D eigenvalue weighted by molar-refractivity contribution is -0.384. The van der Waals surface area contributed by atoms with Crippen LogP contribution in [0.25, 0.3) is 10.8 Å². The number of carbonyl (C=O) groups excluding carboxylic acids is 1. The van der Waals surface area contributed by atoms with Crippen molar-refractivity contribution in [2.75, 3.05) is 5.32 Å². The Labute approximate surface area is 197 Å². The van der Waals surface area contributed by atoms with Crippen LogP contribution in [0.5, 0.6) is 0 Å². The van der Waals surface area contributed by atoms with Gasteiger partial charge in [0, 0.05) is 40.4 Å². The van der Waals surface area contributed by atoms with Gasteiger partial charge in [-0.1, -0.05) is 53.0 Å². The average molecular weight is 513 g/mol. The molecule has 3 N–H and O–H groups in total. The number of pyridine rings is 1. The third-order valence-corrected chi connectivity index (χ3v) is 6.29. The molecule has 170 valence electrons. The Bertz CT molecular complexity index is 1210. The standard InChI is InChI=1S/C23H21BrN4O5/c24-14-9-16(23(30)31)21(20(10-14)28(32)33)26-18-7-3-4-8-19(18)27-22(29)17-12-25-11-13-5-1-2-6-15(13)17/h1-2,5-6,9-12,18-19,26H,3-4,7-8H2,(H,27,29)(H,30,31)/t18-,19+/m1/s1. The van der Waals surface area contributed by atoms with E-state index in [1.165, 1.54) is 18.3 Å². The maximum atomic E-state index is 13.1. The first-order valence-electron chi connectivity index (χ1n) is 10.5. The maximum absolute atomic E-state index is 13.1. The maximum Gasteiger partial charge on any atom is 0.338 e. The van der Waals surface area contributed by atoms with Gasteiger partial charge in [-0.2, -0.15) is 0 Å². The van der Waals surface area contributed by atoms with E-state index < -0.39 is 10.9 Å². The molecule has 1 aliphatic rings. The van der Waals surface area contributed by atoms with Crippen molar-refractivity contribution >= 4 is 50.0 Å². The van der Waals surface area contributed by atoms with Gasteiger partial charge in [0.05, 0.1) is 16.1 Å². The van der Waals surface area contributed by atoms with E-state index in [4.69, 9.17) is 0 Å². The molecule has 0 aliphatic heterocycles. The molecule has 0 unspecified atom stereocenters. The monoisotopic (exact) mass is 512 g/mol. The number of halogens is 1. The summed E-state index contributed by atoms with van der Waals surface area (Å²) in [6.45, 7) is 0. The fourth-order valence-corrected chi connectivity index (χ4v) is 4.71. The molecular weight excluding hydrogens is 492 g/mol. The summed E-state index contributed by atoms with van der Waals surface area (Å²) in [5, 5.41) is 29.0. The predicted molar refractivity (Wildman–Crippen MR) is 127 cm³/mol. The van der Waals surface area contributed by atoms with E-state index in [1.807, 2.05) is 24.3 Å². The molecule has 1 fully saturated rings. The van der Waals surface area contributed by atoms with Crippen molar-refractivity contribution in [2.45, 2.75) is 37.8 Å². The Balaban J connectivity index is 1.63. The number of nitrogens with one attached hydrogen (secondary N) is 2. The number of fused-ring (bicyclic) bond motifs is 1. The van der Waals surface area contributed by atoms with E-state index >= 15 is 0 Å². The van der Waals surface area contributed by atoms with Crippen LogP contribution in [0.3, 0.4) is 0 Å². The van der Waals surface area contributed by atoms with Gasteiger partial charge < -0.3 is 15.7 Å². The van der Waals surface area contributed by atoms with Gasteiger partial charge in [-0.05, 0) is 24.3 Å². The fraction of sp³-hybridized carbons (Fsp3) is 0.261. The van der Waals surface area contributed by atoms with Gasteiger partial charge in [-0.15, -0.1) is 0 Å². The summed E-state index contributed by atoms with van der Waals surface area (Å²) in [6, 6.07) is 9.35. The minimum Gasteiger partial charge on any atom is -0.478 e. The highest BCUT2D eigenvalue weighted by molar-refractivity contribution is 9.10. The second kappa shape index (κ2) is 9.53. The fourth-order valence-electron chi connectivity index (χ4n) is 4.26. The first kappa shape index (κ1) is 22.7. The number of carbonyl (C=O) groups is 2. The third-order valence-electron chi connectivity index (χ3n) is 5.83. The average Bonchev–Trinajstić information content (AvgIpc) is 2.80. The second-order valence-corrected chi connectivity index (χ2v) is 8.85. The number of benzene rings is 2. The van der Waals surface area contributed by atoms with Crippen molar-refractivity contribution in [2.24, 2.45) is 0 Å². The highest BCUT2D eigenvalue weighted by atomic mass is 79.9. The van der Waals surface area contributed by atoms with Gasteiger partial charge in [-0.25, -0.2) is 4.79 Å². The Kier molecular flexibility index (Phi) is 6.55. The molecule has 4 rings (SSSR count). The number of nitrogens with zero attached hydrogens (tertiary/aromatic N) is 2. The quantitative estimate of drug-likeness (QED) is 0.320. The highest BCUT2D eigenvalue weighted by Crippen LogP contribution is 2.35. The van der Waals surface area contributed by atoms with Crippen molar-refractivity contribution in [3.63, 3.8) is 0 Å². The number of nitro benzene ring substituents is 1. The molecule has 0 saturated heterocycles. The smallest absolute Gasteiger partial charge is 0.338 e. The van der Waals surface area contributed by atoms with Crippen molar-refractivity contribution in [1.29, 1.82) is 0 Å². The summed E-state index contributed by atoms with van der Waals surface area (Å²) in [5.74, 6) is -1.57. The number of amides is 1. The molecule has 1 aliphatic carbocycles. The summed E-state index contributed by atoms with van der Waals surface area (Å²) in [4.78, 5) is 40.1. The van der Waals surface area contributed by atoms with Crippen LogP contribution in [-0.2, 0) is 0 Å². The van der Waals surface area contributed by atoms with Crippen LogP contribution in [0.4, 0.5) is 11.4 Å². The third kappa shape index (κ3) is 4.80. The van der Waals surface area contributed by atoms with Crippen LogP contribution in [0.15, 0.2) is 53.3 Å². The summed E-state index contributed by atoms with van der Waals surface area (Å²) in [6.07, 6.45) is 6.24. The molecule has 2 aromatic carbocycles. The topological polar surface area (TPSA) is 134 Å². The molecule has 33 heavy (non-hydrogen) atoms. The number of aromatic carboxylic acids is 1. The number of hydrogen-bond acceptors (Lipinski definition) is 6. The summed E-state index contributed by atoms with van der Waals surface area (Å²) >= 11 is 3.14. The molecule has 1 amide bonds. The van der Waals surface area contributed by atoms with E-state index in [1.54, 1.807) is 6.20 Å². The Morgan fingerprint density at radius 1 is 1.09 bits per heavy atom. The summed E-state index contributed by atoms with van der Waals surface area (Å²) < 4.78 is 0.300. The Morgan fingerprint density at radius 3 is 2.55 bits per heavy atom. The molecule has 1 aromatic heterocycles. The first-order valence-corrected chi connectivity index (χ1v) is 11.3. The number of rotatable bonds is 6. The highest BCUT2D eigenvalue weighted by Gasteiger charge is 2.31. The number of aromatic nitrogens is 1. The minimum absolute atomic E-state index is 0.0614. The minimum atomic E-state index is -1.28. The Hall–Kier alpha value is -3.53. The van der Waals surface area contributed by atoms with Crippen molar-refractivity contribution in [3.8, 4) is 0 Å². The number of anilines is 1. The molecule has 1 saturated carbocycles. The molecule has 2 atom stereocenters. The van der Waals surface area contributed by atoms with Crippen LogP contribution in [0.2, 0.25) is 0 Å². The number of nitro groups is 1.